The van der Waals surface area contributed by atoms with Crippen LogP contribution in [0.5, 0.6) is 0 Å². The molecule has 0 bridgehead atoms. The standard InChI is InChI=1S/C21H24Cl2N6O3S2/c1-11(2)27-34(31,32)13-8-14(17(23)15(22)9-13)19-18(21(30)29-7-5-4-6-12(29)3)25-20(33-19)16-10-24-28-26-16/h8-12,27H,4-7H2,1-3H3,(H,24,26,28)/t12-/m0/s1. The highest BCUT2D eigenvalue weighted by Crippen LogP contribution is 2.43. The van der Waals surface area contributed by atoms with Crippen molar-refractivity contribution < 1.29 is 13.2 Å². The molecule has 13 heteroatoms. The van der Waals surface area contributed by atoms with Crippen LogP contribution in [0.1, 0.15) is 50.5 Å². The van der Waals surface area contributed by atoms with Crippen LogP contribution in [0.3, 0.4) is 0 Å². The van der Waals surface area contributed by atoms with Gasteiger partial charge in [0.25, 0.3) is 5.91 Å². The molecule has 9 nitrogen and oxygen atoms in total. The zero-order valence-corrected chi connectivity index (χ0v) is 21.9. The number of hydrogen-bond acceptors (Lipinski definition) is 7. The number of aromatic nitrogens is 4. The second-order valence-corrected chi connectivity index (χ2v) is 12.0. The summed E-state index contributed by atoms with van der Waals surface area (Å²) in [5.74, 6) is -0.238. The van der Waals surface area contributed by atoms with Crippen molar-refractivity contribution >= 4 is 50.5 Å². The van der Waals surface area contributed by atoms with E-state index in [1.165, 1.54) is 29.7 Å². The number of aromatic amines is 1. The Morgan fingerprint density at radius 3 is 2.71 bits per heavy atom. The number of amides is 1. The van der Waals surface area contributed by atoms with E-state index in [-0.39, 0.29) is 38.6 Å². The Morgan fingerprint density at radius 2 is 2.06 bits per heavy atom. The number of piperidine rings is 1. The molecule has 1 amide bonds. The maximum Gasteiger partial charge on any atom is 0.274 e. The van der Waals surface area contributed by atoms with Crippen LogP contribution in [-0.4, -0.2) is 58.2 Å². The van der Waals surface area contributed by atoms with Gasteiger partial charge in [-0.15, -0.1) is 16.4 Å². The molecule has 0 spiro atoms. The van der Waals surface area contributed by atoms with Crippen LogP contribution in [0.4, 0.5) is 0 Å². The molecular formula is C21H24Cl2N6O3S2. The minimum absolute atomic E-state index is 0.0477. The average molecular weight is 544 g/mol. The number of carbonyl (C=O) groups excluding carboxylic acids is 1. The molecule has 182 valence electrons. The lowest BCUT2D eigenvalue weighted by molar-refractivity contribution is 0.0631. The Bertz CT molecular complexity index is 1310. The van der Waals surface area contributed by atoms with E-state index >= 15 is 0 Å². The third-order valence-corrected chi connectivity index (χ3v) is 9.05. The van der Waals surface area contributed by atoms with Crippen molar-refractivity contribution in [3.05, 3.63) is 34.1 Å². The molecule has 34 heavy (non-hydrogen) atoms. The van der Waals surface area contributed by atoms with Crippen molar-refractivity contribution in [1.82, 2.24) is 30.0 Å². The largest absolute Gasteiger partial charge is 0.335 e. The molecule has 0 aliphatic carbocycles. The molecule has 1 saturated heterocycles. The number of halogens is 2. The Hall–Kier alpha value is -2.05. The smallest absolute Gasteiger partial charge is 0.274 e. The summed E-state index contributed by atoms with van der Waals surface area (Å²) in [5, 5.41) is 11.0. The Kier molecular flexibility index (Phi) is 7.30. The molecular weight excluding hydrogens is 519 g/mol. The number of rotatable bonds is 6. The maximum absolute atomic E-state index is 13.6. The Balaban J connectivity index is 1.89. The van der Waals surface area contributed by atoms with Gasteiger partial charge in [-0.3, -0.25) is 9.89 Å². The van der Waals surface area contributed by atoms with Crippen LogP contribution in [-0.2, 0) is 10.0 Å². The molecule has 0 saturated carbocycles. The molecule has 0 unspecified atom stereocenters. The van der Waals surface area contributed by atoms with E-state index in [0.717, 1.165) is 19.3 Å². The van der Waals surface area contributed by atoms with Crippen molar-refractivity contribution in [2.45, 2.75) is 57.0 Å². The van der Waals surface area contributed by atoms with Crippen LogP contribution in [0.25, 0.3) is 21.1 Å². The first-order valence-corrected chi connectivity index (χ1v) is 13.8. The van der Waals surface area contributed by atoms with Gasteiger partial charge in [0.15, 0.2) is 0 Å². The predicted octanol–water partition coefficient (Wildman–Crippen LogP) is 4.60. The highest BCUT2D eigenvalue weighted by Gasteiger charge is 2.31. The fraction of sp³-hybridized carbons (Fsp3) is 0.429. The molecule has 1 aliphatic rings. The summed E-state index contributed by atoms with van der Waals surface area (Å²) in [7, 11) is -3.86. The normalized spacial score (nSPS) is 16.9. The van der Waals surface area contributed by atoms with E-state index < -0.39 is 10.0 Å². The number of nitrogens with zero attached hydrogens (tertiary/aromatic N) is 4. The summed E-state index contributed by atoms with van der Waals surface area (Å²) in [5.41, 5.74) is 1.04. The zero-order chi connectivity index (χ0) is 24.6. The van der Waals surface area contributed by atoms with Crippen molar-refractivity contribution in [3.63, 3.8) is 0 Å². The molecule has 4 rings (SSSR count). The summed E-state index contributed by atoms with van der Waals surface area (Å²) in [6.45, 7) is 6.08. The maximum atomic E-state index is 13.6. The van der Waals surface area contributed by atoms with Crippen molar-refractivity contribution in [3.8, 4) is 21.1 Å². The first kappa shape index (κ1) is 25.1. The zero-order valence-electron chi connectivity index (χ0n) is 18.8. The third-order valence-electron chi connectivity index (χ3n) is 5.49. The fourth-order valence-corrected chi connectivity index (χ4v) is 6.75. The van der Waals surface area contributed by atoms with Gasteiger partial charge in [-0.25, -0.2) is 18.1 Å². The van der Waals surface area contributed by atoms with Gasteiger partial charge in [0.1, 0.15) is 16.4 Å². The van der Waals surface area contributed by atoms with Gasteiger partial charge in [-0.1, -0.05) is 28.4 Å². The van der Waals surface area contributed by atoms with Crippen molar-refractivity contribution in [2.75, 3.05) is 6.54 Å². The second-order valence-electron chi connectivity index (χ2n) is 8.45. The molecule has 3 aromatic rings. The SMILES string of the molecule is CC(C)NS(=O)(=O)c1cc(Cl)c(Cl)c(-c2sc(-c3cnn[nH]3)nc2C(=O)N2CCCC[C@@H]2C)c1. The summed E-state index contributed by atoms with van der Waals surface area (Å²) in [4.78, 5) is 20.4. The minimum atomic E-state index is -3.86. The van der Waals surface area contributed by atoms with Gasteiger partial charge in [0.05, 0.1) is 26.0 Å². The molecule has 2 aromatic heterocycles. The van der Waals surface area contributed by atoms with E-state index in [1.54, 1.807) is 18.7 Å². The highest BCUT2D eigenvalue weighted by molar-refractivity contribution is 7.89. The van der Waals surface area contributed by atoms with Gasteiger partial charge in [0, 0.05) is 24.2 Å². The van der Waals surface area contributed by atoms with Gasteiger partial charge >= 0.3 is 0 Å². The van der Waals surface area contributed by atoms with Crippen LogP contribution in [0.2, 0.25) is 10.0 Å². The summed E-state index contributed by atoms with van der Waals surface area (Å²) < 4.78 is 28.3. The average Bonchev–Trinajstić information content (AvgIpc) is 3.44. The molecule has 0 radical (unpaired) electrons. The number of hydrogen-bond donors (Lipinski definition) is 2. The quantitative estimate of drug-likeness (QED) is 0.469. The van der Waals surface area contributed by atoms with E-state index in [0.29, 0.717) is 27.7 Å². The van der Waals surface area contributed by atoms with Crippen LogP contribution >= 0.6 is 34.5 Å². The molecule has 1 fully saturated rings. The topological polar surface area (TPSA) is 121 Å². The van der Waals surface area contributed by atoms with E-state index in [4.69, 9.17) is 23.2 Å². The van der Waals surface area contributed by atoms with E-state index in [2.05, 4.69) is 25.1 Å². The lowest BCUT2D eigenvalue weighted by Crippen LogP contribution is -2.42. The van der Waals surface area contributed by atoms with Crippen molar-refractivity contribution in [2.24, 2.45) is 0 Å². The molecule has 3 heterocycles. The number of H-pyrrole nitrogens is 1. The number of nitrogens with one attached hydrogen (secondary N) is 2. The van der Waals surface area contributed by atoms with Crippen LogP contribution in [0.15, 0.2) is 23.2 Å². The molecule has 1 atom stereocenters. The number of carbonyl (C=O) groups is 1. The van der Waals surface area contributed by atoms with Gasteiger partial charge in [-0.05, 0) is 52.2 Å². The third kappa shape index (κ3) is 4.99. The lowest BCUT2D eigenvalue weighted by atomic mass is 10.0. The first-order valence-electron chi connectivity index (χ1n) is 10.8. The molecule has 2 N–H and O–H groups in total. The number of thiazole rings is 1. The number of likely N-dealkylation sites (tertiary alicyclic amines) is 1. The van der Waals surface area contributed by atoms with Gasteiger partial charge in [-0.2, -0.15) is 0 Å². The number of sulfonamides is 1. The Morgan fingerprint density at radius 1 is 1.29 bits per heavy atom. The summed E-state index contributed by atoms with van der Waals surface area (Å²) >= 11 is 14.1. The fourth-order valence-electron chi connectivity index (χ4n) is 3.86. The summed E-state index contributed by atoms with van der Waals surface area (Å²) in [6.07, 6.45) is 4.38. The van der Waals surface area contributed by atoms with Gasteiger partial charge < -0.3 is 4.90 Å². The van der Waals surface area contributed by atoms with Gasteiger partial charge in [0.2, 0.25) is 10.0 Å². The Labute approximate surface area is 211 Å². The molecule has 1 aliphatic heterocycles. The predicted molar refractivity (Wildman–Crippen MR) is 133 cm³/mol. The number of benzene rings is 1. The minimum Gasteiger partial charge on any atom is -0.335 e. The van der Waals surface area contributed by atoms with Crippen LogP contribution < -0.4 is 4.72 Å². The van der Waals surface area contributed by atoms with Crippen molar-refractivity contribution in [1.29, 1.82) is 0 Å². The van der Waals surface area contributed by atoms with E-state index in [1.807, 2.05) is 6.92 Å². The lowest BCUT2D eigenvalue weighted by Gasteiger charge is -2.33. The monoisotopic (exact) mass is 542 g/mol. The highest BCUT2D eigenvalue weighted by atomic mass is 35.5. The molecule has 1 aromatic carbocycles. The van der Waals surface area contributed by atoms with Crippen LogP contribution in [0, 0.1) is 0 Å². The first-order chi connectivity index (χ1) is 16.1. The summed E-state index contributed by atoms with van der Waals surface area (Å²) in [6, 6.07) is 2.47. The second kappa shape index (κ2) is 9.90. The van der Waals surface area contributed by atoms with E-state index in [9.17, 15) is 13.2 Å².